The van der Waals surface area contributed by atoms with Crippen molar-refractivity contribution in [3.05, 3.63) is 78.7 Å². The van der Waals surface area contributed by atoms with Crippen molar-refractivity contribution in [1.82, 2.24) is 9.97 Å². The second-order valence-corrected chi connectivity index (χ2v) is 10.5. The van der Waals surface area contributed by atoms with Crippen LogP contribution in [0, 0.1) is 0 Å². The quantitative estimate of drug-likeness (QED) is 0.278. The first-order valence-electron chi connectivity index (χ1n) is 15.4. The predicted octanol–water partition coefficient (Wildman–Crippen LogP) is 9.27. The zero-order valence-corrected chi connectivity index (χ0v) is 25.6. The van der Waals surface area contributed by atoms with Gasteiger partial charge in [0, 0.05) is 41.6 Å². The molecule has 0 fully saturated rings. The average Bonchev–Trinajstić information content (AvgIpc) is 3.70. The maximum Gasteiger partial charge on any atom is 0.0685 e. The maximum absolute atomic E-state index is 4.80. The molecule has 0 aromatic carbocycles. The van der Waals surface area contributed by atoms with Crippen molar-refractivity contribution in [3.8, 4) is 0 Å². The highest BCUT2D eigenvalue weighted by molar-refractivity contribution is 5.89. The lowest BCUT2D eigenvalue weighted by atomic mass is 9.97. The van der Waals surface area contributed by atoms with Crippen molar-refractivity contribution in [2.24, 2.45) is 9.98 Å². The topological polar surface area (TPSA) is 56.3 Å². The summed E-state index contributed by atoms with van der Waals surface area (Å²) in [6.45, 7) is 18.0. The van der Waals surface area contributed by atoms with Gasteiger partial charge in [-0.2, -0.15) is 0 Å². The summed E-state index contributed by atoms with van der Waals surface area (Å²) in [6, 6.07) is 0. The van der Waals surface area contributed by atoms with Crippen LogP contribution in [0.5, 0.6) is 0 Å². The Morgan fingerprint density at radius 3 is 1.21 bits per heavy atom. The molecule has 2 aliphatic rings. The molecule has 4 nitrogen and oxygen atoms in total. The van der Waals surface area contributed by atoms with Crippen LogP contribution in [0.25, 0.3) is 12.2 Å². The number of allylic oxidation sites excluding steroid dienone is 4. The van der Waals surface area contributed by atoms with Crippen LogP contribution < -0.4 is 0 Å². The minimum atomic E-state index is 0.887. The third-order valence-electron chi connectivity index (χ3n) is 8.59. The first-order chi connectivity index (χ1) is 19.0. The minimum absolute atomic E-state index is 0.887. The van der Waals surface area contributed by atoms with E-state index in [9.17, 15) is 0 Å². The van der Waals surface area contributed by atoms with Crippen molar-refractivity contribution in [2.45, 2.75) is 113 Å². The van der Waals surface area contributed by atoms with Crippen molar-refractivity contribution in [2.75, 3.05) is 0 Å². The minimum Gasteiger partial charge on any atom is -0.358 e. The number of aromatic nitrogens is 2. The molecular formula is C35H48N4. The fraction of sp³-hybridized carbons (Fsp3) is 0.486. The van der Waals surface area contributed by atoms with Crippen LogP contribution in [0.4, 0.5) is 0 Å². The van der Waals surface area contributed by atoms with Gasteiger partial charge in [-0.1, -0.05) is 55.4 Å². The third kappa shape index (κ3) is 5.48. The Kier molecular flexibility index (Phi) is 9.48. The molecule has 0 amide bonds. The standard InChI is InChI=1S/C35H48N4/c1-9-22-20-36-30(24(22)11-3)17-32-26(13-5)28(15-7)34(38-32)19-35-29(16-8)27(14-6)33(39-35)18-31-25(12-4)23(10-2)21-37-31/h17-18,20-21,38-39H,9-16,19H2,1-8H3. The lowest BCUT2D eigenvalue weighted by molar-refractivity contribution is 0.956. The van der Waals surface area contributed by atoms with E-state index < -0.39 is 0 Å². The van der Waals surface area contributed by atoms with Crippen molar-refractivity contribution in [3.63, 3.8) is 0 Å². The molecular weight excluding hydrogens is 476 g/mol. The molecule has 4 heterocycles. The highest BCUT2D eigenvalue weighted by Crippen LogP contribution is 2.34. The molecule has 2 aromatic heterocycles. The van der Waals surface area contributed by atoms with Crippen LogP contribution in [-0.4, -0.2) is 22.4 Å². The van der Waals surface area contributed by atoms with Gasteiger partial charge in [0.15, 0.2) is 0 Å². The Morgan fingerprint density at radius 1 is 0.513 bits per heavy atom. The number of rotatable bonds is 12. The lowest BCUT2D eigenvalue weighted by Crippen LogP contribution is -1.98. The van der Waals surface area contributed by atoms with E-state index in [-0.39, 0.29) is 0 Å². The van der Waals surface area contributed by atoms with E-state index >= 15 is 0 Å². The molecule has 2 aliphatic heterocycles. The van der Waals surface area contributed by atoms with Gasteiger partial charge in [-0.05, 0) is 108 Å². The lowest BCUT2D eigenvalue weighted by Gasteiger charge is -2.06. The normalized spacial score (nSPS) is 17.3. The van der Waals surface area contributed by atoms with E-state index in [0.717, 1.165) is 69.2 Å². The van der Waals surface area contributed by atoms with E-state index in [2.05, 4.69) is 89.9 Å². The molecule has 4 rings (SSSR count). The van der Waals surface area contributed by atoms with E-state index in [1.54, 1.807) is 0 Å². The van der Waals surface area contributed by atoms with Gasteiger partial charge in [-0.25, -0.2) is 0 Å². The first-order valence-corrected chi connectivity index (χ1v) is 15.4. The molecule has 0 bridgehead atoms. The number of hydrogen-bond acceptors (Lipinski definition) is 2. The summed E-state index contributed by atoms with van der Waals surface area (Å²) in [5, 5.41) is 0. The number of aromatic amines is 2. The van der Waals surface area contributed by atoms with E-state index in [0.29, 0.717) is 0 Å². The van der Waals surface area contributed by atoms with E-state index in [1.807, 2.05) is 0 Å². The third-order valence-corrected chi connectivity index (χ3v) is 8.59. The predicted molar refractivity (Wildman–Crippen MR) is 170 cm³/mol. The zero-order chi connectivity index (χ0) is 28.1. The van der Waals surface area contributed by atoms with Gasteiger partial charge in [-0.15, -0.1) is 0 Å². The number of H-pyrrole nitrogens is 2. The summed E-state index contributed by atoms with van der Waals surface area (Å²) in [5.41, 5.74) is 18.7. The van der Waals surface area contributed by atoms with E-state index in [1.165, 1.54) is 67.3 Å². The summed E-state index contributed by atoms with van der Waals surface area (Å²) in [4.78, 5) is 17.3. The first kappa shape index (κ1) is 28.9. The SMILES string of the molecule is CCC1=C(CC)C(=Cc2[nH]c(Cc3[nH]c(C=C4N=CC(CC)=C4CC)c(CC)c3CC)c(CC)c2CC)N=C1. The highest BCUT2D eigenvalue weighted by atomic mass is 14.8. The van der Waals surface area contributed by atoms with Gasteiger partial charge in [0.1, 0.15) is 0 Å². The molecule has 39 heavy (non-hydrogen) atoms. The van der Waals surface area contributed by atoms with Crippen LogP contribution in [0.1, 0.15) is 126 Å². The van der Waals surface area contributed by atoms with E-state index in [4.69, 9.17) is 9.98 Å². The number of nitrogens with zero attached hydrogens (tertiary/aromatic N) is 2. The highest BCUT2D eigenvalue weighted by Gasteiger charge is 2.21. The Labute approximate surface area is 236 Å². The molecule has 4 heteroatoms. The second kappa shape index (κ2) is 12.8. The van der Waals surface area contributed by atoms with Gasteiger partial charge in [-0.3, -0.25) is 9.98 Å². The summed E-state index contributed by atoms with van der Waals surface area (Å²) >= 11 is 0. The molecule has 0 atom stereocenters. The smallest absolute Gasteiger partial charge is 0.0685 e. The largest absolute Gasteiger partial charge is 0.358 e. The fourth-order valence-electron chi connectivity index (χ4n) is 6.59. The van der Waals surface area contributed by atoms with Gasteiger partial charge < -0.3 is 9.97 Å². The van der Waals surface area contributed by atoms with Gasteiger partial charge in [0.2, 0.25) is 0 Å². The number of aliphatic imine (C=N–C) groups is 2. The van der Waals surface area contributed by atoms with Crippen molar-refractivity contribution < 1.29 is 0 Å². The molecule has 0 spiro atoms. The van der Waals surface area contributed by atoms with Crippen molar-refractivity contribution >= 4 is 24.6 Å². The maximum atomic E-state index is 4.80. The monoisotopic (exact) mass is 524 g/mol. The molecule has 2 aromatic rings. The molecule has 0 radical (unpaired) electrons. The van der Waals surface area contributed by atoms with Gasteiger partial charge in [0.25, 0.3) is 0 Å². The number of hydrogen-bond donors (Lipinski definition) is 2. The van der Waals surface area contributed by atoms with Crippen LogP contribution in [0.3, 0.4) is 0 Å². The van der Waals surface area contributed by atoms with Gasteiger partial charge >= 0.3 is 0 Å². The summed E-state index contributed by atoms with van der Waals surface area (Å²) in [7, 11) is 0. The van der Waals surface area contributed by atoms with Crippen LogP contribution >= 0.6 is 0 Å². The molecule has 0 saturated heterocycles. The molecule has 208 valence electrons. The molecule has 0 unspecified atom stereocenters. The Morgan fingerprint density at radius 2 is 0.897 bits per heavy atom. The summed E-state index contributed by atoms with van der Waals surface area (Å²) in [6.07, 6.45) is 17.8. The second-order valence-electron chi connectivity index (χ2n) is 10.5. The van der Waals surface area contributed by atoms with Gasteiger partial charge in [0.05, 0.1) is 11.4 Å². The van der Waals surface area contributed by atoms with Crippen LogP contribution in [0.15, 0.2) is 43.7 Å². The zero-order valence-electron chi connectivity index (χ0n) is 25.6. The van der Waals surface area contributed by atoms with Crippen LogP contribution in [-0.2, 0) is 32.1 Å². The molecule has 0 aliphatic carbocycles. The average molecular weight is 525 g/mol. The summed E-state index contributed by atoms with van der Waals surface area (Å²) in [5.74, 6) is 0. The summed E-state index contributed by atoms with van der Waals surface area (Å²) < 4.78 is 0. The molecule has 2 N–H and O–H groups in total. The number of nitrogens with one attached hydrogen (secondary N) is 2. The Hall–Kier alpha value is -3.14. The van der Waals surface area contributed by atoms with Crippen LogP contribution in [0.2, 0.25) is 0 Å². The Balaban J connectivity index is 1.76. The van der Waals surface area contributed by atoms with Crippen molar-refractivity contribution in [1.29, 1.82) is 0 Å². The molecule has 0 saturated carbocycles. The fourth-order valence-corrected chi connectivity index (χ4v) is 6.59. The Bertz CT molecular complexity index is 1290.